The summed E-state index contributed by atoms with van der Waals surface area (Å²) >= 11 is 1.72. The summed E-state index contributed by atoms with van der Waals surface area (Å²) in [6.07, 6.45) is 13.0. The van der Waals surface area contributed by atoms with Crippen LogP contribution >= 0.6 is 11.8 Å². The van der Waals surface area contributed by atoms with Crippen molar-refractivity contribution in [3.05, 3.63) is 133 Å². The fourth-order valence-corrected chi connectivity index (χ4v) is 5.20. The first-order chi connectivity index (χ1) is 22.6. The van der Waals surface area contributed by atoms with Gasteiger partial charge in [0.05, 0.1) is 36.8 Å². The van der Waals surface area contributed by atoms with Crippen molar-refractivity contribution < 1.29 is 9.47 Å². The number of likely N-dealkylation sites (N-methyl/N-ethyl adjacent to an activating group) is 2. The number of rotatable bonds is 17. The van der Waals surface area contributed by atoms with Crippen LogP contribution in [0.3, 0.4) is 0 Å². The number of aromatic nitrogens is 6. The standard InChI is InChI=1S/C29H42N8O3S.C6H6/c1-9-22(2)37-29(38)35(21-32-37)25(5)11-10-23(3)33(7)16-17-34(8)24(4)12-13-26(6)39-19-27-20-40-28(41-27)18-36-30-14-15-31-36;1-2-4-6-5-3-1/h10-15,21-22,27-28H,3-6,9,16-20H2,1-2,7-8H3;1-6H/b11-10-,13-12-;. The molecule has 0 aliphatic carbocycles. The van der Waals surface area contributed by atoms with E-state index in [0.717, 1.165) is 30.9 Å². The molecule has 0 spiro atoms. The van der Waals surface area contributed by atoms with E-state index in [0.29, 0.717) is 31.2 Å². The van der Waals surface area contributed by atoms with Gasteiger partial charge in [0.1, 0.15) is 24.1 Å². The average Bonchev–Trinajstić information content (AvgIpc) is 3.86. The first-order valence-electron chi connectivity index (χ1n) is 15.5. The maximum atomic E-state index is 12.6. The molecule has 0 N–H and O–H groups in total. The third-order valence-electron chi connectivity index (χ3n) is 7.40. The minimum Gasteiger partial charge on any atom is -0.493 e. The molecule has 0 radical (unpaired) electrons. The molecule has 2 aromatic heterocycles. The molecule has 1 saturated heterocycles. The molecule has 3 atom stereocenters. The van der Waals surface area contributed by atoms with Crippen molar-refractivity contribution in [2.45, 2.75) is 43.5 Å². The van der Waals surface area contributed by atoms with Crippen LogP contribution in [0.1, 0.15) is 26.3 Å². The van der Waals surface area contributed by atoms with Crippen LogP contribution in [0.15, 0.2) is 128 Å². The third kappa shape index (κ3) is 12.3. The Bertz CT molecular complexity index is 1520. The van der Waals surface area contributed by atoms with Gasteiger partial charge in [-0.2, -0.15) is 20.1 Å². The summed E-state index contributed by atoms with van der Waals surface area (Å²) < 4.78 is 14.6. The second-order valence-electron chi connectivity index (χ2n) is 11.0. The molecule has 3 unspecified atom stereocenters. The summed E-state index contributed by atoms with van der Waals surface area (Å²) in [7, 11) is 3.94. The van der Waals surface area contributed by atoms with E-state index in [1.54, 1.807) is 35.0 Å². The number of ether oxygens (including phenoxy) is 2. The molecule has 0 bridgehead atoms. The zero-order valence-corrected chi connectivity index (χ0v) is 28.8. The summed E-state index contributed by atoms with van der Waals surface area (Å²) in [5.41, 5.74) is 1.97. The van der Waals surface area contributed by atoms with E-state index in [4.69, 9.17) is 9.47 Å². The highest BCUT2D eigenvalue weighted by Crippen LogP contribution is 2.29. The molecule has 12 heteroatoms. The number of hydrogen-bond acceptors (Lipinski definition) is 9. The first-order valence-corrected chi connectivity index (χ1v) is 16.5. The summed E-state index contributed by atoms with van der Waals surface area (Å²) in [6, 6.07) is 12.0. The fourth-order valence-electron chi connectivity index (χ4n) is 4.09. The summed E-state index contributed by atoms with van der Waals surface area (Å²) in [4.78, 5) is 18.3. The smallest absolute Gasteiger partial charge is 0.350 e. The van der Waals surface area contributed by atoms with Gasteiger partial charge in [-0.1, -0.05) is 69.6 Å². The van der Waals surface area contributed by atoms with Crippen LogP contribution in [0.5, 0.6) is 0 Å². The Hall–Kier alpha value is -4.55. The second kappa shape index (κ2) is 19.2. The van der Waals surface area contributed by atoms with E-state index >= 15 is 0 Å². The van der Waals surface area contributed by atoms with E-state index in [-0.39, 0.29) is 22.4 Å². The number of hydrogen-bond donors (Lipinski definition) is 0. The highest BCUT2D eigenvalue weighted by molar-refractivity contribution is 8.00. The van der Waals surface area contributed by atoms with Crippen LogP contribution in [0.4, 0.5) is 0 Å². The van der Waals surface area contributed by atoms with Crippen LogP contribution in [0, 0.1) is 0 Å². The Morgan fingerprint density at radius 2 is 1.55 bits per heavy atom. The van der Waals surface area contributed by atoms with Crippen LogP contribution in [0.25, 0.3) is 5.70 Å². The van der Waals surface area contributed by atoms with Gasteiger partial charge in [0.25, 0.3) is 0 Å². The maximum Gasteiger partial charge on any atom is 0.350 e. The summed E-state index contributed by atoms with van der Waals surface area (Å²) in [6.45, 7) is 23.5. The lowest BCUT2D eigenvalue weighted by atomic mass is 10.3. The van der Waals surface area contributed by atoms with Crippen molar-refractivity contribution in [3.8, 4) is 0 Å². The summed E-state index contributed by atoms with van der Waals surface area (Å²) in [5.74, 6) is 0.571. The Kier molecular flexibility index (Phi) is 15.1. The van der Waals surface area contributed by atoms with Crippen LogP contribution < -0.4 is 5.69 Å². The lowest BCUT2D eigenvalue weighted by Crippen LogP contribution is -2.29. The van der Waals surface area contributed by atoms with Crippen molar-refractivity contribution >= 4 is 17.5 Å². The van der Waals surface area contributed by atoms with Gasteiger partial charge in [-0.05, 0) is 37.6 Å². The Morgan fingerprint density at radius 3 is 2.13 bits per heavy atom. The van der Waals surface area contributed by atoms with Gasteiger partial charge < -0.3 is 19.3 Å². The van der Waals surface area contributed by atoms with Gasteiger partial charge in [0.15, 0.2) is 0 Å². The maximum absolute atomic E-state index is 12.6. The van der Waals surface area contributed by atoms with E-state index in [2.05, 4.69) is 41.6 Å². The molecule has 3 aromatic rings. The zero-order valence-electron chi connectivity index (χ0n) is 28.0. The Morgan fingerprint density at radius 1 is 0.979 bits per heavy atom. The number of nitrogens with zero attached hydrogens (tertiary/aromatic N) is 8. The zero-order chi connectivity index (χ0) is 34.2. The van der Waals surface area contributed by atoms with Crippen molar-refractivity contribution in [2.24, 2.45) is 0 Å². The molecule has 1 aromatic carbocycles. The average molecular weight is 661 g/mol. The lowest BCUT2D eigenvalue weighted by Gasteiger charge is -2.25. The number of benzene rings is 1. The van der Waals surface area contributed by atoms with Gasteiger partial charge in [0.2, 0.25) is 0 Å². The predicted molar refractivity (Wildman–Crippen MR) is 191 cm³/mol. The number of thioether (sulfide) groups is 1. The molecule has 0 amide bonds. The highest BCUT2D eigenvalue weighted by atomic mass is 32.2. The van der Waals surface area contributed by atoms with E-state index < -0.39 is 0 Å². The van der Waals surface area contributed by atoms with Crippen LogP contribution in [-0.4, -0.2) is 90.2 Å². The van der Waals surface area contributed by atoms with Gasteiger partial charge >= 0.3 is 5.69 Å². The molecule has 1 aliphatic rings. The molecular weight excluding hydrogens is 613 g/mol. The molecule has 1 fully saturated rings. The molecule has 3 heterocycles. The van der Waals surface area contributed by atoms with Gasteiger partial charge in [-0.3, -0.25) is 4.57 Å². The minimum absolute atomic E-state index is 0.0147. The first kappa shape index (κ1) is 36.9. The third-order valence-corrected chi connectivity index (χ3v) is 8.65. The quantitative estimate of drug-likeness (QED) is 0.138. The largest absolute Gasteiger partial charge is 0.493 e. The van der Waals surface area contributed by atoms with Crippen molar-refractivity contribution in [3.63, 3.8) is 0 Å². The molecule has 11 nitrogen and oxygen atoms in total. The normalized spacial score (nSPS) is 16.4. The molecule has 47 heavy (non-hydrogen) atoms. The van der Waals surface area contributed by atoms with E-state index in [1.807, 2.05) is 92.4 Å². The molecule has 252 valence electrons. The van der Waals surface area contributed by atoms with Gasteiger partial charge in [0, 0.05) is 44.3 Å². The fraction of sp³-hybridized carbons (Fsp3) is 0.371. The van der Waals surface area contributed by atoms with Gasteiger partial charge in [-0.25, -0.2) is 9.48 Å². The molecule has 1 aliphatic heterocycles. The van der Waals surface area contributed by atoms with E-state index in [9.17, 15) is 4.79 Å². The van der Waals surface area contributed by atoms with E-state index in [1.165, 1.54) is 15.6 Å². The molecular formula is C35H48N8O3S. The van der Waals surface area contributed by atoms with Crippen molar-refractivity contribution in [1.29, 1.82) is 0 Å². The second-order valence-corrected chi connectivity index (χ2v) is 12.5. The Labute approximate surface area is 282 Å². The topological polar surface area (TPSA) is 95.5 Å². The van der Waals surface area contributed by atoms with Gasteiger partial charge in [-0.15, -0.1) is 11.8 Å². The Balaban J connectivity index is 0.000000896. The number of allylic oxidation sites excluding steroid dienone is 5. The molecule has 0 saturated carbocycles. The monoisotopic (exact) mass is 660 g/mol. The lowest BCUT2D eigenvalue weighted by molar-refractivity contribution is 0.103. The SMILES string of the molecule is C=C(/C=C\C(=C)N(C)CCN(C)C(=C)/C=C\C(=C)n1cnn(C(C)CC)c1=O)OCC1COC(Cn2nccn2)S1.c1ccccc1. The highest BCUT2D eigenvalue weighted by Gasteiger charge is 2.27. The van der Waals surface area contributed by atoms with Crippen LogP contribution in [-0.2, 0) is 16.0 Å². The predicted octanol–water partition coefficient (Wildman–Crippen LogP) is 5.46. The summed E-state index contributed by atoms with van der Waals surface area (Å²) in [5, 5.41) is 12.7. The van der Waals surface area contributed by atoms with Crippen molar-refractivity contribution in [1.82, 2.24) is 39.1 Å². The molecule has 4 rings (SSSR count). The van der Waals surface area contributed by atoms with Crippen LogP contribution in [0.2, 0.25) is 0 Å². The van der Waals surface area contributed by atoms with Crippen molar-refractivity contribution in [2.75, 3.05) is 40.4 Å². The minimum atomic E-state index is -0.200.